The molecular formula is C23H21N5O5S. The maximum Gasteiger partial charge on any atom is 0.293 e. The third-order valence-electron chi connectivity index (χ3n) is 5.47. The monoisotopic (exact) mass is 479 g/mol. The summed E-state index contributed by atoms with van der Waals surface area (Å²) >= 11 is 1.35. The van der Waals surface area contributed by atoms with Crippen LogP contribution < -0.4 is 14.8 Å². The molecule has 0 atom stereocenters. The number of nitrogens with zero attached hydrogens (tertiary/aromatic N) is 3. The molecule has 2 amide bonds. The molecule has 10 nitrogen and oxygen atoms in total. The second-order valence-corrected chi connectivity index (χ2v) is 8.61. The van der Waals surface area contributed by atoms with E-state index in [0.717, 1.165) is 16.1 Å². The van der Waals surface area contributed by atoms with Crippen LogP contribution in [0.5, 0.6) is 11.5 Å². The Morgan fingerprint density at radius 1 is 1.21 bits per heavy atom. The van der Waals surface area contributed by atoms with Gasteiger partial charge in [0.2, 0.25) is 0 Å². The lowest BCUT2D eigenvalue weighted by Crippen LogP contribution is -2.35. The van der Waals surface area contributed by atoms with E-state index in [1.165, 1.54) is 17.6 Å². The number of benzene rings is 1. The van der Waals surface area contributed by atoms with Crippen LogP contribution in [0.1, 0.15) is 31.6 Å². The molecule has 0 aliphatic carbocycles. The fourth-order valence-electron chi connectivity index (χ4n) is 3.74. The van der Waals surface area contributed by atoms with Crippen LogP contribution in [0.3, 0.4) is 0 Å². The number of hydrogen-bond acceptors (Lipinski definition) is 8. The summed E-state index contributed by atoms with van der Waals surface area (Å²) in [5.41, 5.74) is 2.56. The SMILES string of the molecule is COc1ccc(OC)c(-c2cc(C(=O)N3CCc4nc(NC(=O)c5ccco5)sc4C3)[nH]n2)c1. The minimum Gasteiger partial charge on any atom is -0.497 e. The molecule has 0 spiro atoms. The number of aromatic nitrogens is 3. The van der Waals surface area contributed by atoms with Gasteiger partial charge in [0.05, 0.1) is 38.4 Å². The molecule has 1 aromatic carbocycles. The number of amides is 2. The largest absolute Gasteiger partial charge is 0.497 e. The zero-order chi connectivity index (χ0) is 23.7. The minimum absolute atomic E-state index is 0.166. The number of hydrogen-bond donors (Lipinski definition) is 2. The lowest BCUT2D eigenvalue weighted by molar-refractivity contribution is 0.0730. The number of methoxy groups -OCH3 is 2. The van der Waals surface area contributed by atoms with Crippen LogP contribution in [0.15, 0.2) is 47.1 Å². The van der Waals surface area contributed by atoms with Gasteiger partial charge in [-0.25, -0.2) is 4.98 Å². The molecule has 1 aliphatic rings. The predicted molar refractivity (Wildman–Crippen MR) is 124 cm³/mol. The highest BCUT2D eigenvalue weighted by Crippen LogP contribution is 2.33. The minimum atomic E-state index is -0.359. The number of rotatable bonds is 6. The lowest BCUT2D eigenvalue weighted by atomic mass is 10.1. The predicted octanol–water partition coefficient (Wildman–Crippen LogP) is 3.59. The Morgan fingerprint density at radius 3 is 2.85 bits per heavy atom. The van der Waals surface area contributed by atoms with Crippen molar-refractivity contribution in [1.29, 1.82) is 0 Å². The molecule has 0 saturated carbocycles. The number of ether oxygens (including phenoxy) is 2. The van der Waals surface area contributed by atoms with Gasteiger partial charge in [-0.15, -0.1) is 0 Å². The Labute approximate surface area is 198 Å². The summed E-state index contributed by atoms with van der Waals surface area (Å²) in [6.45, 7) is 0.914. The van der Waals surface area contributed by atoms with Crippen molar-refractivity contribution < 1.29 is 23.5 Å². The van der Waals surface area contributed by atoms with E-state index in [-0.39, 0.29) is 17.6 Å². The Morgan fingerprint density at radius 2 is 2.09 bits per heavy atom. The first-order chi connectivity index (χ1) is 16.6. The van der Waals surface area contributed by atoms with Crippen molar-refractivity contribution in [3.8, 4) is 22.8 Å². The second kappa shape index (κ2) is 9.02. The van der Waals surface area contributed by atoms with Crippen LogP contribution >= 0.6 is 11.3 Å². The normalized spacial score (nSPS) is 12.8. The molecule has 34 heavy (non-hydrogen) atoms. The first kappa shape index (κ1) is 21.7. The number of fused-ring (bicyclic) bond motifs is 1. The maximum absolute atomic E-state index is 13.2. The number of aromatic amines is 1. The number of furan rings is 1. The van der Waals surface area contributed by atoms with E-state index in [1.807, 2.05) is 6.07 Å². The first-order valence-corrected chi connectivity index (χ1v) is 11.3. The number of carbonyl (C=O) groups is 2. The zero-order valence-corrected chi connectivity index (χ0v) is 19.3. The van der Waals surface area contributed by atoms with Gasteiger partial charge in [-0.2, -0.15) is 5.10 Å². The van der Waals surface area contributed by atoms with Crippen molar-refractivity contribution in [2.45, 2.75) is 13.0 Å². The number of carbonyl (C=O) groups excluding carboxylic acids is 2. The molecule has 1 aliphatic heterocycles. The fourth-order valence-corrected chi connectivity index (χ4v) is 4.76. The van der Waals surface area contributed by atoms with E-state index in [2.05, 4.69) is 20.5 Å². The summed E-state index contributed by atoms with van der Waals surface area (Å²) in [5.74, 6) is 0.980. The Bertz CT molecular complexity index is 1340. The van der Waals surface area contributed by atoms with Gasteiger partial charge in [0, 0.05) is 23.4 Å². The van der Waals surface area contributed by atoms with Crippen LogP contribution in [0.2, 0.25) is 0 Å². The number of anilines is 1. The molecule has 0 unspecified atom stereocenters. The smallest absolute Gasteiger partial charge is 0.293 e. The van der Waals surface area contributed by atoms with Crippen LogP contribution in [0.4, 0.5) is 5.13 Å². The lowest BCUT2D eigenvalue weighted by Gasteiger charge is -2.25. The van der Waals surface area contributed by atoms with Gasteiger partial charge in [-0.05, 0) is 36.4 Å². The van der Waals surface area contributed by atoms with E-state index >= 15 is 0 Å². The Kier molecular flexibility index (Phi) is 5.76. The van der Waals surface area contributed by atoms with E-state index in [1.54, 1.807) is 49.5 Å². The number of H-pyrrole nitrogens is 1. The maximum atomic E-state index is 13.2. The molecule has 0 bridgehead atoms. The number of thiazole rings is 1. The Hall–Kier alpha value is -4.12. The zero-order valence-electron chi connectivity index (χ0n) is 18.5. The van der Waals surface area contributed by atoms with Crippen molar-refractivity contribution >= 4 is 28.3 Å². The molecular weight excluding hydrogens is 458 g/mol. The van der Waals surface area contributed by atoms with Gasteiger partial charge in [0.1, 0.15) is 17.2 Å². The van der Waals surface area contributed by atoms with E-state index < -0.39 is 0 Å². The summed E-state index contributed by atoms with van der Waals surface area (Å²) in [5, 5.41) is 10.4. The van der Waals surface area contributed by atoms with E-state index in [4.69, 9.17) is 13.9 Å². The highest BCUT2D eigenvalue weighted by Gasteiger charge is 2.27. The third-order valence-corrected chi connectivity index (χ3v) is 6.47. The van der Waals surface area contributed by atoms with Crippen LogP contribution in [-0.4, -0.2) is 52.7 Å². The highest BCUT2D eigenvalue weighted by molar-refractivity contribution is 7.15. The molecule has 4 heterocycles. The first-order valence-electron chi connectivity index (χ1n) is 10.5. The standard InChI is InChI=1S/C23H21N5O5S/c1-31-13-5-6-18(32-2)14(10-13)16-11-17(27-26-16)22(30)28-8-7-15-20(12-28)34-23(24-15)25-21(29)19-4-3-9-33-19/h3-6,9-11H,7-8,12H2,1-2H3,(H,26,27)(H,24,25,29). The molecule has 0 fully saturated rings. The molecule has 0 saturated heterocycles. The van der Waals surface area contributed by atoms with Crippen molar-refractivity contribution in [3.05, 3.63) is 64.7 Å². The van der Waals surface area contributed by atoms with Gasteiger partial charge < -0.3 is 18.8 Å². The van der Waals surface area contributed by atoms with Crippen LogP contribution in [0, 0.1) is 0 Å². The molecule has 174 valence electrons. The molecule has 5 rings (SSSR count). The Balaban J connectivity index is 1.31. The molecule has 4 aromatic rings. The summed E-state index contributed by atoms with van der Waals surface area (Å²) in [7, 11) is 3.17. The highest BCUT2D eigenvalue weighted by atomic mass is 32.1. The topological polar surface area (TPSA) is 123 Å². The summed E-state index contributed by atoms with van der Waals surface area (Å²) in [6, 6.07) is 10.3. The van der Waals surface area contributed by atoms with Crippen LogP contribution in [-0.2, 0) is 13.0 Å². The average molecular weight is 480 g/mol. The fraction of sp³-hybridized carbons (Fsp3) is 0.217. The van der Waals surface area contributed by atoms with Crippen molar-refractivity contribution in [2.24, 2.45) is 0 Å². The molecule has 11 heteroatoms. The summed E-state index contributed by atoms with van der Waals surface area (Å²) in [6.07, 6.45) is 2.04. The van der Waals surface area contributed by atoms with Crippen molar-refractivity contribution in [3.63, 3.8) is 0 Å². The van der Waals surface area contributed by atoms with Gasteiger partial charge in [0.15, 0.2) is 10.9 Å². The average Bonchev–Trinajstić information content (AvgIpc) is 3.63. The van der Waals surface area contributed by atoms with E-state index in [9.17, 15) is 9.59 Å². The van der Waals surface area contributed by atoms with Gasteiger partial charge in [-0.1, -0.05) is 11.3 Å². The molecule has 0 radical (unpaired) electrons. The molecule has 3 aromatic heterocycles. The van der Waals surface area contributed by atoms with Crippen LogP contribution in [0.25, 0.3) is 11.3 Å². The second-order valence-electron chi connectivity index (χ2n) is 7.53. The van der Waals surface area contributed by atoms with Crippen molar-refractivity contribution in [2.75, 3.05) is 26.1 Å². The van der Waals surface area contributed by atoms with E-state index in [0.29, 0.717) is 47.5 Å². The number of nitrogens with one attached hydrogen (secondary N) is 2. The summed E-state index contributed by atoms with van der Waals surface area (Å²) in [4.78, 5) is 32.6. The van der Waals surface area contributed by atoms with Gasteiger partial charge >= 0.3 is 0 Å². The molecule has 2 N–H and O–H groups in total. The van der Waals surface area contributed by atoms with Gasteiger partial charge in [-0.3, -0.25) is 20.0 Å². The van der Waals surface area contributed by atoms with Crippen molar-refractivity contribution in [1.82, 2.24) is 20.1 Å². The quantitative estimate of drug-likeness (QED) is 0.433. The van der Waals surface area contributed by atoms with Gasteiger partial charge in [0.25, 0.3) is 11.8 Å². The third kappa shape index (κ3) is 4.13. The summed E-state index contributed by atoms with van der Waals surface area (Å²) < 4.78 is 15.8.